The van der Waals surface area contributed by atoms with E-state index in [2.05, 4.69) is 11.8 Å². The van der Waals surface area contributed by atoms with E-state index in [1.54, 1.807) is 23.9 Å². The summed E-state index contributed by atoms with van der Waals surface area (Å²) >= 11 is 7.58. The largest absolute Gasteiger partial charge is 0.320 e. The summed E-state index contributed by atoms with van der Waals surface area (Å²) in [5.74, 6) is 5.82. The summed E-state index contributed by atoms with van der Waals surface area (Å²) in [6.07, 6.45) is 0. The van der Waals surface area contributed by atoms with Crippen LogP contribution in [0.4, 0.5) is 4.39 Å². The SMILES string of the molecule is NCC#Cc1cc(CSc2cccc(Cl)c2)ccc1F. The van der Waals surface area contributed by atoms with Gasteiger partial charge in [0.15, 0.2) is 0 Å². The average molecular weight is 306 g/mol. The maximum Gasteiger partial charge on any atom is 0.138 e. The normalized spacial score (nSPS) is 9.95. The number of hydrogen-bond donors (Lipinski definition) is 1. The van der Waals surface area contributed by atoms with E-state index >= 15 is 0 Å². The molecule has 0 amide bonds. The Kier molecular flexibility index (Phi) is 5.49. The quantitative estimate of drug-likeness (QED) is 0.683. The Labute approximate surface area is 127 Å². The van der Waals surface area contributed by atoms with E-state index in [9.17, 15) is 4.39 Å². The minimum absolute atomic E-state index is 0.223. The molecule has 0 heterocycles. The van der Waals surface area contributed by atoms with Crippen LogP contribution in [0.3, 0.4) is 0 Å². The van der Waals surface area contributed by atoms with E-state index in [-0.39, 0.29) is 12.4 Å². The molecule has 0 saturated carbocycles. The smallest absolute Gasteiger partial charge is 0.138 e. The average Bonchev–Trinajstić information content (AvgIpc) is 2.45. The van der Waals surface area contributed by atoms with Gasteiger partial charge in [0.25, 0.3) is 0 Å². The van der Waals surface area contributed by atoms with Gasteiger partial charge in [0.2, 0.25) is 0 Å². The highest BCUT2D eigenvalue weighted by atomic mass is 35.5. The number of hydrogen-bond acceptors (Lipinski definition) is 2. The Balaban J connectivity index is 2.10. The zero-order valence-corrected chi connectivity index (χ0v) is 12.3. The second-order valence-electron chi connectivity index (χ2n) is 4.07. The lowest BCUT2D eigenvalue weighted by Crippen LogP contribution is -1.94. The second-order valence-corrected chi connectivity index (χ2v) is 5.55. The van der Waals surface area contributed by atoms with Crippen molar-refractivity contribution in [3.63, 3.8) is 0 Å². The van der Waals surface area contributed by atoms with Crippen LogP contribution in [-0.2, 0) is 5.75 Å². The van der Waals surface area contributed by atoms with Gasteiger partial charge in [-0.2, -0.15) is 0 Å². The van der Waals surface area contributed by atoms with E-state index in [1.807, 2.05) is 24.3 Å². The molecule has 0 spiro atoms. The van der Waals surface area contributed by atoms with Crippen LogP contribution < -0.4 is 5.73 Å². The molecule has 0 radical (unpaired) electrons. The van der Waals surface area contributed by atoms with Crippen molar-refractivity contribution in [3.05, 3.63) is 64.4 Å². The lowest BCUT2D eigenvalue weighted by molar-refractivity contribution is 0.624. The number of halogens is 2. The molecule has 2 rings (SSSR count). The second kappa shape index (κ2) is 7.35. The summed E-state index contributed by atoms with van der Waals surface area (Å²) in [5.41, 5.74) is 6.70. The first-order valence-electron chi connectivity index (χ1n) is 6.05. The van der Waals surface area contributed by atoms with Crippen molar-refractivity contribution in [1.82, 2.24) is 0 Å². The predicted octanol–water partition coefficient (Wildman–Crippen LogP) is 4.08. The van der Waals surface area contributed by atoms with Crippen LogP contribution in [-0.4, -0.2) is 6.54 Å². The molecular formula is C16H13ClFNS. The number of benzene rings is 2. The van der Waals surface area contributed by atoms with Crippen molar-refractivity contribution in [3.8, 4) is 11.8 Å². The van der Waals surface area contributed by atoms with Gasteiger partial charge in [-0.1, -0.05) is 35.6 Å². The highest BCUT2D eigenvalue weighted by Crippen LogP contribution is 2.25. The zero-order chi connectivity index (χ0) is 14.4. The van der Waals surface area contributed by atoms with Crippen LogP contribution in [0.2, 0.25) is 5.02 Å². The van der Waals surface area contributed by atoms with Crippen LogP contribution in [0.5, 0.6) is 0 Å². The molecule has 102 valence electrons. The lowest BCUT2D eigenvalue weighted by atomic mass is 10.1. The molecule has 0 bridgehead atoms. The molecule has 0 aliphatic rings. The summed E-state index contributed by atoms with van der Waals surface area (Å²) in [5, 5.41) is 0.712. The molecule has 2 aromatic rings. The fourth-order valence-electron chi connectivity index (χ4n) is 1.63. The third-order valence-corrected chi connectivity index (χ3v) is 3.86. The highest BCUT2D eigenvalue weighted by Gasteiger charge is 2.02. The molecule has 4 heteroatoms. The number of rotatable bonds is 3. The Morgan fingerprint density at radius 1 is 1.20 bits per heavy atom. The third-order valence-electron chi connectivity index (χ3n) is 2.56. The monoisotopic (exact) mass is 305 g/mol. The first kappa shape index (κ1) is 14.9. The number of nitrogens with two attached hydrogens (primary N) is 1. The van der Waals surface area contributed by atoms with E-state index in [0.717, 1.165) is 16.2 Å². The van der Waals surface area contributed by atoms with Gasteiger partial charge in [-0.25, -0.2) is 4.39 Å². The topological polar surface area (TPSA) is 26.0 Å². The Bertz CT molecular complexity index is 661. The van der Waals surface area contributed by atoms with Gasteiger partial charge in [-0.15, -0.1) is 11.8 Å². The summed E-state index contributed by atoms with van der Waals surface area (Å²) in [6, 6.07) is 12.6. The van der Waals surface area contributed by atoms with Gasteiger partial charge in [0.1, 0.15) is 5.82 Å². The molecule has 2 N–H and O–H groups in total. The van der Waals surface area contributed by atoms with Crippen LogP contribution in [0.15, 0.2) is 47.4 Å². The Morgan fingerprint density at radius 2 is 2.05 bits per heavy atom. The predicted molar refractivity (Wildman–Crippen MR) is 83.3 cm³/mol. The van der Waals surface area contributed by atoms with Crippen molar-refractivity contribution < 1.29 is 4.39 Å². The highest BCUT2D eigenvalue weighted by molar-refractivity contribution is 7.98. The first-order chi connectivity index (χ1) is 9.69. The molecule has 0 saturated heterocycles. The van der Waals surface area contributed by atoms with Gasteiger partial charge in [0.05, 0.1) is 12.1 Å². The maximum atomic E-state index is 13.5. The summed E-state index contributed by atoms with van der Waals surface area (Å²) < 4.78 is 13.5. The van der Waals surface area contributed by atoms with Gasteiger partial charge >= 0.3 is 0 Å². The fourth-order valence-corrected chi connectivity index (χ4v) is 2.78. The van der Waals surface area contributed by atoms with Crippen LogP contribution >= 0.6 is 23.4 Å². The number of thioether (sulfide) groups is 1. The summed E-state index contributed by atoms with van der Waals surface area (Å²) in [7, 11) is 0. The van der Waals surface area contributed by atoms with Crippen LogP contribution in [0.1, 0.15) is 11.1 Å². The van der Waals surface area contributed by atoms with Gasteiger partial charge < -0.3 is 5.73 Å². The van der Waals surface area contributed by atoms with E-state index < -0.39 is 0 Å². The van der Waals surface area contributed by atoms with Crippen LogP contribution in [0.25, 0.3) is 0 Å². The summed E-state index contributed by atoms with van der Waals surface area (Å²) in [4.78, 5) is 1.08. The standard InChI is InChI=1S/C16H13ClFNS/c17-14-4-1-5-15(10-14)20-11-12-6-7-16(18)13(9-12)3-2-8-19/h1,4-7,9-10H,8,11,19H2. The fraction of sp³-hybridized carbons (Fsp3) is 0.125. The van der Waals surface area contributed by atoms with E-state index in [4.69, 9.17) is 17.3 Å². The van der Waals surface area contributed by atoms with E-state index in [1.165, 1.54) is 6.07 Å². The van der Waals surface area contributed by atoms with Gasteiger partial charge in [0, 0.05) is 15.7 Å². The molecule has 2 aromatic carbocycles. The van der Waals surface area contributed by atoms with Crippen molar-refractivity contribution >= 4 is 23.4 Å². The minimum atomic E-state index is -0.317. The molecule has 1 nitrogen and oxygen atoms in total. The molecular weight excluding hydrogens is 293 g/mol. The first-order valence-corrected chi connectivity index (χ1v) is 7.41. The Hall–Kier alpha value is -1.47. The van der Waals surface area contributed by atoms with Crippen molar-refractivity contribution in [1.29, 1.82) is 0 Å². The maximum absolute atomic E-state index is 13.5. The van der Waals surface area contributed by atoms with Gasteiger partial charge in [-0.05, 0) is 35.9 Å². The van der Waals surface area contributed by atoms with Crippen molar-refractivity contribution in [2.75, 3.05) is 6.54 Å². The molecule has 0 unspecified atom stereocenters. The van der Waals surface area contributed by atoms with Crippen molar-refractivity contribution in [2.45, 2.75) is 10.6 Å². The Morgan fingerprint density at radius 3 is 2.80 bits per heavy atom. The van der Waals surface area contributed by atoms with Crippen molar-refractivity contribution in [2.24, 2.45) is 5.73 Å². The minimum Gasteiger partial charge on any atom is -0.320 e. The third kappa shape index (κ3) is 4.28. The molecule has 20 heavy (non-hydrogen) atoms. The van der Waals surface area contributed by atoms with E-state index in [0.29, 0.717) is 10.6 Å². The molecule has 0 atom stereocenters. The molecule has 0 aliphatic heterocycles. The lowest BCUT2D eigenvalue weighted by Gasteiger charge is -2.04. The molecule has 0 fully saturated rings. The molecule has 0 aliphatic carbocycles. The molecule has 0 aromatic heterocycles. The van der Waals surface area contributed by atoms with Crippen LogP contribution in [0, 0.1) is 17.7 Å². The summed E-state index contributed by atoms with van der Waals surface area (Å²) in [6.45, 7) is 0.223. The zero-order valence-electron chi connectivity index (χ0n) is 10.7. The van der Waals surface area contributed by atoms with Gasteiger partial charge in [-0.3, -0.25) is 0 Å².